The molecular weight excluding hydrogens is 374 g/mol. The third kappa shape index (κ3) is 4.03. The second kappa shape index (κ2) is 8.10. The van der Waals surface area contributed by atoms with Crippen molar-refractivity contribution >= 4 is 11.8 Å². The molecule has 2 saturated heterocycles. The molecule has 2 aliphatic heterocycles. The van der Waals surface area contributed by atoms with Gasteiger partial charge in [0.1, 0.15) is 5.69 Å². The number of nitrogens with zero attached hydrogens (tertiary/aromatic N) is 5. The van der Waals surface area contributed by atoms with Gasteiger partial charge >= 0.3 is 0 Å². The first-order valence-corrected chi connectivity index (χ1v) is 9.74. The average Bonchev–Trinajstić information content (AvgIpc) is 3.30. The van der Waals surface area contributed by atoms with Crippen molar-refractivity contribution in [3.63, 3.8) is 0 Å². The van der Waals surface area contributed by atoms with E-state index in [0.717, 1.165) is 24.2 Å². The molecule has 3 heterocycles. The number of hydrogen-bond acceptors (Lipinski definition) is 6. The highest BCUT2D eigenvalue weighted by Crippen LogP contribution is 2.28. The lowest BCUT2D eigenvalue weighted by Gasteiger charge is -2.39. The Morgan fingerprint density at radius 2 is 2.00 bits per heavy atom. The zero-order chi connectivity index (χ0) is 20.4. The molecule has 1 aromatic heterocycles. The molecule has 0 unspecified atom stereocenters. The van der Waals surface area contributed by atoms with Crippen molar-refractivity contribution in [2.75, 3.05) is 33.9 Å². The standard InChI is InChI=1S/C20H25N5O4/c1-28-17-6-5-14(8-18(17)29-2)9-20(27)24-12-16(13-24)25-11-15(21-22-25)10-23-7-3-4-19(23)26/h5-6,8,11,16H,3-4,7,9-10,12-13H2,1-2H3. The lowest BCUT2D eigenvalue weighted by molar-refractivity contribution is -0.136. The van der Waals surface area contributed by atoms with E-state index in [4.69, 9.17) is 9.47 Å². The fourth-order valence-electron chi connectivity index (χ4n) is 3.73. The number of methoxy groups -OCH3 is 2. The van der Waals surface area contributed by atoms with Crippen molar-refractivity contribution in [1.82, 2.24) is 24.8 Å². The van der Waals surface area contributed by atoms with E-state index in [9.17, 15) is 9.59 Å². The number of hydrogen-bond donors (Lipinski definition) is 0. The number of benzene rings is 1. The van der Waals surface area contributed by atoms with Gasteiger partial charge in [-0.2, -0.15) is 0 Å². The van der Waals surface area contributed by atoms with Gasteiger partial charge in [-0.3, -0.25) is 9.59 Å². The molecule has 2 aliphatic rings. The third-order valence-corrected chi connectivity index (χ3v) is 5.47. The van der Waals surface area contributed by atoms with Crippen LogP contribution < -0.4 is 9.47 Å². The number of carbonyl (C=O) groups excluding carboxylic acids is 2. The zero-order valence-corrected chi connectivity index (χ0v) is 16.7. The van der Waals surface area contributed by atoms with Crippen LogP contribution in [-0.4, -0.2) is 70.5 Å². The Labute approximate surface area is 169 Å². The quantitative estimate of drug-likeness (QED) is 0.691. The molecule has 0 bridgehead atoms. The smallest absolute Gasteiger partial charge is 0.227 e. The van der Waals surface area contributed by atoms with Gasteiger partial charge in [-0.15, -0.1) is 5.10 Å². The van der Waals surface area contributed by atoms with Gasteiger partial charge in [-0.25, -0.2) is 4.68 Å². The van der Waals surface area contributed by atoms with Crippen LogP contribution in [0.15, 0.2) is 24.4 Å². The number of likely N-dealkylation sites (tertiary alicyclic amines) is 2. The van der Waals surface area contributed by atoms with E-state index >= 15 is 0 Å². The second-order valence-electron chi connectivity index (χ2n) is 7.43. The molecule has 0 radical (unpaired) electrons. The van der Waals surface area contributed by atoms with Gasteiger partial charge in [-0.1, -0.05) is 11.3 Å². The number of ether oxygens (including phenoxy) is 2. The van der Waals surface area contributed by atoms with Crippen molar-refractivity contribution in [2.45, 2.75) is 31.8 Å². The number of carbonyl (C=O) groups is 2. The van der Waals surface area contributed by atoms with Gasteiger partial charge in [0.05, 0.1) is 39.4 Å². The number of aromatic nitrogens is 3. The van der Waals surface area contributed by atoms with Gasteiger partial charge < -0.3 is 19.3 Å². The predicted molar refractivity (Wildman–Crippen MR) is 104 cm³/mol. The normalized spacial score (nSPS) is 16.8. The highest BCUT2D eigenvalue weighted by atomic mass is 16.5. The van der Waals surface area contributed by atoms with Crippen LogP contribution in [0, 0.1) is 0 Å². The maximum atomic E-state index is 12.6. The molecule has 9 nitrogen and oxygen atoms in total. The Balaban J connectivity index is 1.29. The molecule has 2 aromatic rings. The first-order valence-electron chi connectivity index (χ1n) is 9.74. The molecule has 4 rings (SSSR count). The topological polar surface area (TPSA) is 89.8 Å². The van der Waals surface area contributed by atoms with E-state index in [-0.39, 0.29) is 17.9 Å². The van der Waals surface area contributed by atoms with Crippen molar-refractivity contribution in [3.8, 4) is 11.5 Å². The molecule has 154 valence electrons. The minimum atomic E-state index is 0.0662. The van der Waals surface area contributed by atoms with Crippen molar-refractivity contribution < 1.29 is 19.1 Å². The highest BCUT2D eigenvalue weighted by Gasteiger charge is 2.33. The van der Waals surface area contributed by atoms with Crippen molar-refractivity contribution in [1.29, 1.82) is 0 Å². The van der Waals surface area contributed by atoms with Crippen LogP contribution in [0.25, 0.3) is 0 Å². The van der Waals surface area contributed by atoms with Gasteiger partial charge in [0, 0.05) is 26.1 Å². The summed E-state index contributed by atoms with van der Waals surface area (Å²) in [7, 11) is 3.16. The lowest BCUT2D eigenvalue weighted by atomic mass is 10.1. The molecule has 0 N–H and O–H groups in total. The summed E-state index contributed by atoms with van der Waals surface area (Å²) in [6.07, 6.45) is 3.72. The van der Waals surface area contributed by atoms with Crippen LogP contribution >= 0.6 is 0 Å². The van der Waals surface area contributed by atoms with E-state index in [2.05, 4.69) is 10.3 Å². The molecule has 0 atom stereocenters. The number of rotatable bonds is 7. The van der Waals surface area contributed by atoms with Crippen molar-refractivity contribution in [3.05, 3.63) is 35.7 Å². The Bertz CT molecular complexity index is 906. The largest absolute Gasteiger partial charge is 0.493 e. The van der Waals surface area contributed by atoms with Gasteiger partial charge in [-0.05, 0) is 24.1 Å². The maximum Gasteiger partial charge on any atom is 0.227 e. The molecule has 1 aromatic carbocycles. The summed E-state index contributed by atoms with van der Waals surface area (Å²) >= 11 is 0. The molecular formula is C20H25N5O4. The monoisotopic (exact) mass is 399 g/mol. The van der Waals surface area contributed by atoms with Gasteiger partial charge in [0.25, 0.3) is 0 Å². The Morgan fingerprint density at radius 1 is 1.21 bits per heavy atom. The summed E-state index contributed by atoms with van der Waals surface area (Å²) in [6.45, 7) is 2.51. The van der Waals surface area contributed by atoms with Crippen LogP contribution in [0.1, 0.15) is 30.1 Å². The first kappa shape index (κ1) is 19.2. The van der Waals surface area contributed by atoms with Crippen LogP contribution in [0.5, 0.6) is 11.5 Å². The fraction of sp³-hybridized carbons (Fsp3) is 0.500. The Kier molecular flexibility index (Phi) is 5.37. The summed E-state index contributed by atoms with van der Waals surface area (Å²) in [4.78, 5) is 27.9. The summed E-state index contributed by atoms with van der Waals surface area (Å²) in [5.41, 5.74) is 1.67. The van der Waals surface area contributed by atoms with Crippen molar-refractivity contribution in [2.24, 2.45) is 0 Å². The van der Waals surface area contributed by atoms with E-state index < -0.39 is 0 Å². The zero-order valence-electron chi connectivity index (χ0n) is 16.7. The Hall–Kier alpha value is -3.10. The van der Waals surface area contributed by atoms with E-state index in [0.29, 0.717) is 44.0 Å². The average molecular weight is 399 g/mol. The second-order valence-corrected chi connectivity index (χ2v) is 7.43. The molecule has 29 heavy (non-hydrogen) atoms. The third-order valence-electron chi connectivity index (χ3n) is 5.47. The van der Waals surface area contributed by atoms with E-state index in [1.807, 2.05) is 34.2 Å². The van der Waals surface area contributed by atoms with E-state index in [1.165, 1.54) is 0 Å². The molecule has 2 amide bonds. The summed E-state index contributed by atoms with van der Waals surface area (Å²) in [5.74, 6) is 1.50. The first-order chi connectivity index (χ1) is 14.1. The highest BCUT2D eigenvalue weighted by molar-refractivity contribution is 5.80. The Morgan fingerprint density at radius 3 is 2.69 bits per heavy atom. The summed E-state index contributed by atoms with van der Waals surface area (Å²) < 4.78 is 12.3. The summed E-state index contributed by atoms with van der Waals surface area (Å²) in [6, 6.07) is 5.64. The minimum Gasteiger partial charge on any atom is -0.493 e. The SMILES string of the molecule is COc1ccc(CC(=O)N2CC(n3cc(CN4CCCC4=O)nn3)C2)cc1OC. The molecule has 9 heteroatoms. The molecule has 2 fully saturated rings. The van der Waals surface area contributed by atoms with E-state index in [1.54, 1.807) is 18.9 Å². The molecule has 0 spiro atoms. The van der Waals surface area contributed by atoms with Gasteiger partial charge in [0.2, 0.25) is 11.8 Å². The van der Waals surface area contributed by atoms with Crippen LogP contribution in [0.3, 0.4) is 0 Å². The fourth-order valence-corrected chi connectivity index (χ4v) is 3.73. The predicted octanol–water partition coefficient (Wildman–Crippen LogP) is 1.04. The van der Waals surface area contributed by atoms with Gasteiger partial charge in [0.15, 0.2) is 11.5 Å². The van der Waals surface area contributed by atoms with Crippen LogP contribution in [0.4, 0.5) is 0 Å². The number of amides is 2. The maximum absolute atomic E-state index is 12.6. The van der Waals surface area contributed by atoms with Crippen LogP contribution in [0.2, 0.25) is 0 Å². The minimum absolute atomic E-state index is 0.0662. The molecule has 0 saturated carbocycles. The molecule has 0 aliphatic carbocycles. The lowest BCUT2D eigenvalue weighted by Crippen LogP contribution is -2.51. The van der Waals surface area contributed by atoms with Crippen LogP contribution in [-0.2, 0) is 22.6 Å². The summed E-state index contributed by atoms with van der Waals surface area (Å²) in [5, 5.41) is 8.37.